The van der Waals surface area contributed by atoms with Gasteiger partial charge in [-0.3, -0.25) is 14.2 Å². The first-order valence-corrected chi connectivity index (χ1v) is 15.1. The summed E-state index contributed by atoms with van der Waals surface area (Å²) in [6, 6.07) is 16.5. The summed E-state index contributed by atoms with van der Waals surface area (Å²) in [7, 11) is 0. The van der Waals surface area contributed by atoms with Crippen LogP contribution in [0.5, 0.6) is 0 Å². The lowest BCUT2D eigenvalue weighted by molar-refractivity contribution is 0.0697. The van der Waals surface area contributed by atoms with E-state index in [1.807, 2.05) is 0 Å². The van der Waals surface area contributed by atoms with Gasteiger partial charge in [-0.1, -0.05) is 30.3 Å². The number of carbonyl (C=O) groups excluding carboxylic acids is 1. The van der Waals surface area contributed by atoms with Crippen LogP contribution in [0.1, 0.15) is 59.0 Å². The lowest BCUT2D eigenvalue weighted by Gasteiger charge is -2.29. The van der Waals surface area contributed by atoms with Crippen molar-refractivity contribution in [3.63, 3.8) is 0 Å². The first kappa shape index (κ1) is 29.9. The fourth-order valence-corrected chi connectivity index (χ4v) is 6.54. The van der Waals surface area contributed by atoms with E-state index < -0.39 is 34.9 Å². The molecule has 4 aromatic heterocycles. The summed E-state index contributed by atoms with van der Waals surface area (Å²) in [6.07, 6.45) is 5.91. The molecule has 0 unspecified atom stereocenters. The molecule has 1 saturated carbocycles. The number of rotatable bonds is 7. The number of halogens is 2. The fourth-order valence-electron chi connectivity index (χ4n) is 6.54. The van der Waals surface area contributed by atoms with Crippen LogP contribution in [-0.4, -0.2) is 40.4 Å². The number of benzene rings is 2. The van der Waals surface area contributed by atoms with Crippen molar-refractivity contribution in [3.8, 4) is 16.8 Å². The standard InChI is InChI=1S/C35H27F2N5O5/c36-22-10-13-31-39-29(19-40(31)18-22)30(43)14-20-8-11-24(12-9-20)42-33(44)28-16-23(37)17-38-32(28)41(35(42)47)25-5-3-4-21(15-25)26-6-1-2-7-27(26)34(45)46/h1-7,10,13,15-20,24H,8-9,11-12,14H2,(H,45,46). The lowest BCUT2D eigenvalue weighted by Crippen LogP contribution is -2.43. The van der Waals surface area contributed by atoms with E-state index in [-0.39, 0.29) is 40.4 Å². The summed E-state index contributed by atoms with van der Waals surface area (Å²) in [5.41, 5.74) is 0.764. The second kappa shape index (κ2) is 11.9. The number of carboxylic acid groups (broad SMARTS) is 1. The third-order valence-electron chi connectivity index (χ3n) is 8.82. The van der Waals surface area contributed by atoms with E-state index in [2.05, 4.69) is 9.97 Å². The van der Waals surface area contributed by atoms with Crippen molar-refractivity contribution in [1.82, 2.24) is 23.5 Å². The molecule has 0 radical (unpaired) electrons. The van der Waals surface area contributed by atoms with Gasteiger partial charge < -0.3 is 9.51 Å². The minimum Gasteiger partial charge on any atom is -0.478 e. The molecule has 1 fully saturated rings. The Morgan fingerprint density at radius 1 is 0.894 bits per heavy atom. The molecular weight excluding hydrogens is 608 g/mol. The maximum Gasteiger partial charge on any atom is 0.337 e. The molecule has 0 amide bonds. The van der Waals surface area contributed by atoms with Crippen molar-refractivity contribution in [2.24, 2.45) is 5.92 Å². The summed E-state index contributed by atoms with van der Waals surface area (Å²) < 4.78 is 31.9. The van der Waals surface area contributed by atoms with Crippen molar-refractivity contribution in [2.75, 3.05) is 0 Å². The number of aromatic carboxylic acids is 1. The van der Waals surface area contributed by atoms with E-state index in [4.69, 9.17) is 0 Å². The third-order valence-corrected chi connectivity index (χ3v) is 8.82. The van der Waals surface area contributed by atoms with E-state index in [9.17, 15) is 33.1 Å². The average Bonchev–Trinajstić information content (AvgIpc) is 3.50. The predicted octanol–water partition coefficient (Wildman–Crippen LogP) is 5.84. The van der Waals surface area contributed by atoms with Crippen molar-refractivity contribution in [3.05, 3.63) is 129 Å². The fraction of sp³-hybridized carbons (Fsp3) is 0.200. The second-order valence-electron chi connectivity index (χ2n) is 11.8. The predicted molar refractivity (Wildman–Crippen MR) is 169 cm³/mol. The summed E-state index contributed by atoms with van der Waals surface area (Å²) in [5, 5.41) is 9.66. The van der Waals surface area contributed by atoms with Crippen molar-refractivity contribution in [2.45, 2.75) is 38.1 Å². The minimum absolute atomic E-state index is 0.0104. The summed E-state index contributed by atoms with van der Waals surface area (Å²) in [5.74, 6) is -2.46. The molecule has 0 spiro atoms. The Morgan fingerprint density at radius 3 is 2.47 bits per heavy atom. The van der Waals surface area contributed by atoms with Gasteiger partial charge in [0, 0.05) is 24.9 Å². The number of carbonyl (C=O) groups is 2. The zero-order chi connectivity index (χ0) is 32.8. The highest BCUT2D eigenvalue weighted by Crippen LogP contribution is 2.34. The number of fused-ring (bicyclic) bond motifs is 2. The van der Waals surface area contributed by atoms with Crippen LogP contribution >= 0.6 is 0 Å². The topological polar surface area (TPSA) is 129 Å². The number of carboxylic acids is 1. The Kier molecular flexibility index (Phi) is 7.55. The lowest BCUT2D eigenvalue weighted by atomic mass is 9.82. The van der Waals surface area contributed by atoms with Crippen LogP contribution in [0.2, 0.25) is 0 Å². The van der Waals surface area contributed by atoms with E-state index in [0.29, 0.717) is 48.1 Å². The highest BCUT2D eigenvalue weighted by molar-refractivity contribution is 5.96. The average molecular weight is 636 g/mol. The Labute approximate surface area is 265 Å². The van der Waals surface area contributed by atoms with Crippen LogP contribution in [0, 0.1) is 17.6 Å². The largest absolute Gasteiger partial charge is 0.478 e. The Balaban J connectivity index is 1.21. The minimum atomic E-state index is -1.11. The number of nitrogens with zero attached hydrogens (tertiary/aromatic N) is 5. The third kappa shape index (κ3) is 5.51. The molecule has 236 valence electrons. The van der Waals surface area contributed by atoms with Gasteiger partial charge in [0.2, 0.25) is 0 Å². The van der Waals surface area contributed by atoms with Gasteiger partial charge >= 0.3 is 11.7 Å². The molecule has 1 N–H and O–H groups in total. The number of hydrogen-bond acceptors (Lipinski definition) is 6. The zero-order valence-corrected chi connectivity index (χ0v) is 24.8. The van der Waals surface area contributed by atoms with E-state index in [0.717, 1.165) is 16.8 Å². The summed E-state index contributed by atoms with van der Waals surface area (Å²) >= 11 is 0. The van der Waals surface area contributed by atoms with Gasteiger partial charge in [0.1, 0.15) is 23.0 Å². The summed E-state index contributed by atoms with van der Waals surface area (Å²) in [4.78, 5) is 61.3. The van der Waals surface area contributed by atoms with Crippen LogP contribution in [0.25, 0.3) is 33.5 Å². The smallest absolute Gasteiger partial charge is 0.337 e. The molecule has 0 aliphatic heterocycles. The molecule has 1 aliphatic rings. The van der Waals surface area contributed by atoms with Crippen LogP contribution in [0.4, 0.5) is 8.78 Å². The number of aromatic nitrogens is 5. The SMILES string of the molecule is O=C(CC1CCC(n2c(=O)c3cc(F)cnc3n(-c3cccc(-c4ccccc4C(=O)O)c3)c2=O)CC1)c1cn2cc(F)ccc2n1. The molecule has 7 rings (SSSR count). The van der Waals surface area contributed by atoms with Gasteiger partial charge in [-0.05, 0) is 79.1 Å². The molecular formula is C35H27F2N5O5. The molecule has 10 nitrogen and oxygen atoms in total. The Morgan fingerprint density at radius 2 is 1.68 bits per heavy atom. The number of pyridine rings is 2. The van der Waals surface area contributed by atoms with Gasteiger partial charge in [-0.15, -0.1) is 0 Å². The highest BCUT2D eigenvalue weighted by atomic mass is 19.1. The quantitative estimate of drug-likeness (QED) is 0.218. The highest BCUT2D eigenvalue weighted by Gasteiger charge is 2.29. The number of Topliss-reactive ketones (excluding diaryl/α,β-unsaturated/α-hetero) is 1. The number of imidazole rings is 1. The molecule has 0 atom stereocenters. The van der Waals surface area contributed by atoms with E-state index in [1.165, 1.54) is 39.6 Å². The van der Waals surface area contributed by atoms with Gasteiger partial charge in [-0.2, -0.15) is 0 Å². The Bertz CT molecular complexity index is 2340. The van der Waals surface area contributed by atoms with E-state index in [1.54, 1.807) is 42.5 Å². The summed E-state index contributed by atoms with van der Waals surface area (Å²) in [6.45, 7) is 0. The molecule has 0 saturated heterocycles. The van der Waals surface area contributed by atoms with Gasteiger partial charge in [0.15, 0.2) is 11.4 Å². The molecule has 12 heteroatoms. The number of hydrogen-bond donors (Lipinski definition) is 1. The van der Waals surface area contributed by atoms with Gasteiger partial charge in [0.05, 0.1) is 22.8 Å². The molecule has 47 heavy (non-hydrogen) atoms. The van der Waals surface area contributed by atoms with E-state index >= 15 is 0 Å². The molecule has 6 aromatic rings. The van der Waals surface area contributed by atoms with Crippen molar-refractivity contribution >= 4 is 28.4 Å². The maximum absolute atomic E-state index is 14.4. The first-order chi connectivity index (χ1) is 22.7. The van der Waals surface area contributed by atoms with Gasteiger partial charge in [-0.25, -0.2) is 32.9 Å². The molecule has 4 heterocycles. The van der Waals surface area contributed by atoms with Crippen molar-refractivity contribution in [1.29, 1.82) is 0 Å². The normalized spacial score (nSPS) is 16.5. The maximum atomic E-state index is 14.4. The monoisotopic (exact) mass is 635 g/mol. The zero-order valence-electron chi connectivity index (χ0n) is 24.8. The number of ketones is 1. The van der Waals surface area contributed by atoms with Crippen LogP contribution in [-0.2, 0) is 0 Å². The molecule has 1 aliphatic carbocycles. The van der Waals surface area contributed by atoms with Crippen LogP contribution < -0.4 is 11.2 Å². The first-order valence-electron chi connectivity index (χ1n) is 15.1. The molecule has 2 aromatic carbocycles. The van der Waals surface area contributed by atoms with Crippen molar-refractivity contribution < 1.29 is 23.5 Å². The Hall–Kier alpha value is -5.78. The van der Waals surface area contributed by atoms with Crippen LogP contribution in [0.3, 0.4) is 0 Å². The molecule has 0 bridgehead atoms. The van der Waals surface area contributed by atoms with Gasteiger partial charge in [0.25, 0.3) is 5.56 Å². The second-order valence-corrected chi connectivity index (χ2v) is 11.8. The van der Waals surface area contributed by atoms with Crippen LogP contribution in [0.15, 0.2) is 94.9 Å².